The number of aryl methyl sites for hydroxylation is 1. The number of hydrogen-bond acceptors (Lipinski definition) is 7. The third-order valence-electron chi connectivity index (χ3n) is 5.24. The van der Waals surface area contributed by atoms with Crippen LogP contribution in [0.4, 0.5) is 30.8 Å². The van der Waals surface area contributed by atoms with Gasteiger partial charge in [0.25, 0.3) is 0 Å². The highest BCUT2D eigenvalue weighted by Crippen LogP contribution is 2.40. The van der Waals surface area contributed by atoms with Crippen molar-refractivity contribution < 1.29 is 22.6 Å². The molecule has 3 N–H and O–H groups in total. The van der Waals surface area contributed by atoms with E-state index in [9.17, 15) is 13.2 Å². The second kappa shape index (κ2) is 7.69. The van der Waals surface area contributed by atoms with Crippen LogP contribution in [0.3, 0.4) is 0 Å². The third-order valence-corrected chi connectivity index (χ3v) is 5.24. The summed E-state index contributed by atoms with van der Waals surface area (Å²) >= 11 is 0. The molecule has 1 atom stereocenters. The molecular weight excluding hydrogens is 389 g/mol. The molecule has 0 aromatic carbocycles. The van der Waals surface area contributed by atoms with Gasteiger partial charge in [0.05, 0.1) is 12.1 Å². The Morgan fingerprint density at radius 3 is 2.69 bits per heavy atom. The minimum atomic E-state index is -4.61. The van der Waals surface area contributed by atoms with Crippen LogP contribution in [-0.2, 0) is 10.9 Å². The van der Waals surface area contributed by atoms with Gasteiger partial charge in [-0.15, -0.1) is 0 Å². The molecule has 2 aromatic rings. The van der Waals surface area contributed by atoms with Crippen LogP contribution in [0.15, 0.2) is 6.20 Å². The van der Waals surface area contributed by atoms with E-state index in [2.05, 4.69) is 20.4 Å². The Kier molecular flexibility index (Phi) is 5.24. The summed E-state index contributed by atoms with van der Waals surface area (Å²) in [6.07, 6.45) is 1.05. The van der Waals surface area contributed by atoms with Crippen LogP contribution >= 0.6 is 0 Å². The van der Waals surface area contributed by atoms with E-state index in [0.29, 0.717) is 30.1 Å². The standard InChI is InChI=1S/C18H23F3N6O2/c1-10-14(29-9-12-6-3-7-28-12)16(27(26-10)11-4-2-5-11)25-17-23-8-13(15(22)24-17)18(19,20)21/h8,11-12H,2-7,9H2,1H3,(H3,22,23,24,25)/t12-/m1/s1. The van der Waals surface area contributed by atoms with E-state index in [1.54, 1.807) is 4.68 Å². The fourth-order valence-corrected chi connectivity index (χ4v) is 3.45. The summed E-state index contributed by atoms with van der Waals surface area (Å²) in [7, 11) is 0. The number of aromatic nitrogens is 4. The van der Waals surface area contributed by atoms with Crippen molar-refractivity contribution in [3.05, 3.63) is 17.5 Å². The highest BCUT2D eigenvalue weighted by atomic mass is 19.4. The smallest absolute Gasteiger partial charge is 0.421 e. The highest BCUT2D eigenvalue weighted by molar-refractivity contribution is 5.61. The molecule has 8 nitrogen and oxygen atoms in total. The fourth-order valence-electron chi connectivity index (χ4n) is 3.45. The molecule has 158 valence electrons. The monoisotopic (exact) mass is 412 g/mol. The maximum atomic E-state index is 12.9. The zero-order valence-corrected chi connectivity index (χ0v) is 16.0. The van der Waals surface area contributed by atoms with Crippen LogP contribution in [0.25, 0.3) is 0 Å². The molecule has 4 rings (SSSR count). The van der Waals surface area contributed by atoms with Gasteiger partial charge in [0, 0.05) is 12.8 Å². The largest absolute Gasteiger partial charge is 0.485 e. The summed E-state index contributed by atoms with van der Waals surface area (Å²) in [4.78, 5) is 7.57. The fraction of sp³-hybridized carbons (Fsp3) is 0.611. The van der Waals surface area contributed by atoms with Gasteiger partial charge in [-0.05, 0) is 39.0 Å². The number of nitrogens with two attached hydrogens (primary N) is 1. The molecule has 3 heterocycles. The summed E-state index contributed by atoms with van der Waals surface area (Å²) in [5.74, 6) is 0.361. The summed E-state index contributed by atoms with van der Waals surface area (Å²) in [6.45, 7) is 2.92. The number of alkyl halides is 3. The average molecular weight is 412 g/mol. The zero-order chi connectivity index (χ0) is 20.6. The number of anilines is 3. The Hall–Kier alpha value is -2.56. The summed E-state index contributed by atoms with van der Waals surface area (Å²) < 4.78 is 52.2. The first-order valence-electron chi connectivity index (χ1n) is 9.63. The molecule has 2 aromatic heterocycles. The lowest BCUT2D eigenvalue weighted by molar-refractivity contribution is -0.137. The van der Waals surface area contributed by atoms with Crippen molar-refractivity contribution in [2.75, 3.05) is 24.3 Å². The predicted octanol–water partition coefficient (Wildman–Crippen LogP) is 3.61. The van der Waals surface area contributed by atoms with Crippen LogP contribution in [0, 0.1) is 6.92 Å². The van der Waals surface area contributed by atoms with Gasteiger partial charge in [-0.3, -0.25) is 0 Å². The van der Waals surface area contributed by atoms with Crippen LogP contribution < -0.4 is 15.8 Å². The van der Waals surface area contributed by atoms with Gasteiger partial charge < -0.3 is 20.5 Å². The van der Waals surface area contributed by atoms with Gasteiger partial charge in [0.2, 0.25) is 5.95 Å². The van der Waals surface area contributed by atoms with Crippen molar-refractivity contribution >= 4 is 17.6 Å². The first-order chi connectivity index (χ1) is 13.8. The maximum Gasteiger partial charge on any atom is 0.421 e. The number of nitrogens with one attached hydrogen (secondary N) is 1. The topological polar surface area (TPSA) is 100 Å². The average Bonchev–Trinajstić information content (AvgIpc) is 3.20. The van der Waals surface area contributed by atoms with E-state index in [4.69, 9.17) is 15.2 Å². The number of hydrogen-bond donors (Lipinski definition) is 2. The van der Waals surface area contributed by atoms with Crippen molar-refractivity contribution in [2.45, 2.75) is 57.3 Å². The minimum Gasteiger partial charge on any atom is -0.485 e. The quantitative estimate of drug-likeness (QED) is 0.748. The molecular formula is C18H23F3N6O2. The van der Waals surface area contributed by atoms with Crippen LogP contribution in [-0.4, -0.2) is 39.1 Å². The van der Waals surface area contributed by atoms with Crippen molar-refractivity contribution in [3.8, 4) is 5.75 Å². The first kappa shape index (κ1) is 19.7. The second-order valence-electron chi connectivity index (χ2n) is 7.35. The number of halogens is 3. The van der Waals surface area contributed by atoms with Gasteiger partial charge in [-0.2, -0.15) is 23.3 Å². The highest BCUT2D eigenvalue weighted by Gasteiger charge is 2.35. The van der Waals surface area contributed by atoms with E-state index < -0.39 is 17.6 Å². The van der Waals surface area contributed by atoms with Gasteiger partial charge in [0.15, 0.2) is 11.6 Å². The summed E-state index contributed by atoms with van der Waals surface area (Å²) in [5.41, 5.74) is 5.11. The lowest BCUT2D eigenvalue weighted by atomic mass is 9.93. The lowest BCUT2D eigenvalue weighted by Gasteiger charge is -2.27. The van der Waals surface area contributed by atoms with E-state index in [-0.39, 0.29) is 18.1 Å². The number of nitrogens with zero attached hydrogens (tertiary/aromatic N) is 4. The predicted molar refractivity (Wildman–Crippen MR) is 99.1 cm³/mol. The first-order valence-corrected chi connectivity index (χ1v) is 9.63. The van der Waals surface area contributed by atoms with Gasteiger partial charge >= 0.3 is 6.18 Å². The zero-order valence-electron chi connectivity index (χ0n) is 16.0. The molecule has 1 saturated carbocycles. The number of ether oxygens (including phenoxy) is 2. The molecule has 0 spiro atoms. The number of nitrogen functional groups attached to an aromatic ring is 1. The Balaban J connectivity index is 1.61. The molecule has 2 aliphatic rings. The van der Waals surface area contributed by atoms with Gasteiger partial charge in [0.1, 0.15) is 23.7 Å². The Labute approximate surface area is 165 Å². The molecule has 29 heavy (non-hydrogen) atoms. The Morgan fingerprint density at radius 2 is 2.10 bits per heavy atom. The molecule has 11 heteroatoms. The minimum absolute atomic E-state index is 0.0206. The maximum absolute atomic E-state index is 12.9. The molecule has 0 bridgehead atoms. The van der Waals surface area contributed by atoms with E-state index in [1.165, 1.54) is 0 Å². The van der Waals surface area contributed by atoms with Crippen molar-refractivity contribution in [1.82, 2.24) is 19.7 Å². The van der Waals surface area contributed by atoms with E-state index in [1.807, 2.05) is 6.92 Å². The van der Waals surface area contributed by atoms with E-state index in [0.717, 1.165) is 38.7 Å². The van der Waals surface area contributed by atoms with Crippen molar-refractivity contribution in [1.29, 1.82) is 0 Å². The van der Waals surface area contributed by atoms with Crippen LogP contribution in [0.5, 0.6) is 5.75 Å². The van der Waals surface area contributed by atoms with Gasteiger partial charge in [-0.25, -0.2) is 9.67 Å². The normalized spacial score (nSPS) is 19.9. The van der Waals surface area contributed by atoms with Crippen molar-refractivity contribution in [2.24, 2.45) is 0 Å². The Morgan fingerprint density at radius 1 is 1.31 bits per heavy atom. The van der Waals surface area contributed by atoms with E-state index >= 15 is 0 Å². The molecule has 0 radical (unpaired) electrons. The SMILES string of the molecule is Cc1nn(C2CCC2)c(Nc2ncc(C(F)(F)F)c(N)n2)c1OC[C@H]1CCCO1. The second-order valence-corrected chi connectivity index (χ2v) is 7.35. The molecule has 1 aliphatic heterocycles. The summed E-state index contributed by atoms with van der Waals surface area (Å²) in [5, 5.41) is 7.55. The molecule has 0 amide bonds. The van der Waals surface area contributed by atoms with Crippen molar-refractivity contribution in [3.63, 3.8) is 0 Å². The number of rotatable bonds is 6. The third kappa shape index (κ3) is 4.09. The van der Waals surface area contributed by atoms with Crippen LogP contribution in [0.2, 0.25) is 0 Å². The molecule has 0 unspecified atom stereocenters. The molecule has 2 fully saturated rings. The lowest BCUT2D eigenvalue weighted by Crippen LogP contribution is -2.21. The van der Waals surface area contributed by atoms with Crippen LogP contribution in [0.1, 0.15) is 49.4 Å². The molecule has 1 aliphatic carbocycles. The summed E-state index contributed by atoms with van der Waals surface area (Å²) in [6, 6.07) is 0.197. The Bertz CT molecular complexity index is 875. The van der Waals surface area contributed by atoms with Gasteiger partial charge in [-0.1, -0.05) is 0 Å². The molecule has 1 saturated heterocycles.